The zero-order valence-corrected chi connectivity index (χ0v) is 48.8. The van der Waals surface area contributed by atoms with Crippen LogP contribution >= 0.6 is 7.82 Å². The number of aliphatic hydroxyl groups excluding tert-OH is 1. The maximum absolute atomic E-state index is 14.5. The van der Waals surface area contributed by atoms with Crippen LogP contribution in [0.4, 0.5) is 0 Å². The number of allylic oxidation sites excluding steroid dienone is 4. The minimum absolute atomic E-state index is 0.0638. The van der Waals surface area contributed by atoms with Gasteiger partial charge in [0.2, 0.25) is 29.5 Å². The topological polar surface area (TPSA) is 332 Å². The maximum atomic E-state index is 14.5. The van der Waals surface area contributed by atoms with Gasteiger partial charge in [-0.25, -0.2) is 4.57 Å². The highest BCUT2D eigenvalue weighted by molar-refractivity contribution is 7.46. The molecule has 2 aliphatic heterocycles. The third kappa shape index (κ3) is 14.6. The Morgan fingerprint density at radius 1 is 0.767 bits per heavy atom. The summed E-state index contributed by atoms with van der Waals surface area (Å²) in [6.07, 6.45) is 9.12. The number of imide groups is 1. The van der Waals surface area contributed by atoms with Gasteiger partial charge in [0.25, 0.3) is 11.8 Å². The van der Waals surface area contributed by atoms with Crippen molar-refractivity contribution < 1.29 is 81.3 Å². The summed E-state index contributed by atoms with van der Waals surface area (Å²) in [5.74, 6) is -4.81. The van der Waals surface area contributed by atoms with Gasteiger partial charge in [0.05, 0.1) is 38.4 Å². The average molecular weight is 1210 g/mol. The highest BCUT2D eigenvalue weighted by Gasteiger charge is 2.76. The Hall–Kier alpha value is -7.34. The van der Waals surface area contributed by atoms with Crippen molar-refractivity contribution in [2.45, 2.75) is 115 Å². The lowest BCUT2D eigenvalue weighted by Gasteiger charge is -2.59. The quantitative estimate of drug-likeness (QED) is 0.0235. The summed E-state index contributed by atoms with van der Waals surface area (Å²) in [6, 6.07) is 23.0. The molecule has 4 fully saturated rings. The predicted octanol–water partition coefficient (Wildman–Crippen LogP) is 3.15. The Bertz CT molecular complexity index is 3200. The minimum atomic E-state index is -5.04. The fourth-order valence-electron chi connectivity index (χ4n) is 13.6. The van der Waals surface area contributed by atoms with Gasteiger partial charge >= 0.3 is 7.82 Å². The summed E-state index contributed by atoms with van der Waals surface area (Å²) in [5.41, 5.74) is 1.88. The van der Waals surface area contributed by atoms with Crippen molar-refractivity contribution >= 4 is 60.7 Å². The van der Waals surface area contributed by atoms with Gasteiger partial charge < -0.3 is 55.7 Å². The van der Waals surface area contributed by atoms with Gasteiger partial charge in [-0.15, -0.1) is 0 Å². The molecule has 24 heteroatoms. The number of fused-ring (bicyclic) bond motifs is 7. The van der Waals surface area contributed by atoms with Crippen LogP contribution in [-0.4, -0.2) is 136 Å². The minimum Gasteiger partial charge on any atom is -0.393 e. The first kappa shape index (κ1) is 63.2. The fourth-order valence-corrected chi connectivity index (χ4v) is 13.9. The van der Waals surface area contributed by atoms with E-state index in [0.29, 0.717) is 50.5 Å². The van der Waals surface area contributed by atoms with Crippen LogP contribution in [0.15, 0.2) is 115 Å². The molecule has 2 heterocycles. The number of ether oxygens (including phenoxy) is 3. The number of phosphoric acid groups is 1. The van der Waals surface area contributed by atoms with E-state index in [2.05, 4.69) is 33.5 Å². The van der Waals surface area contributed by atoms with Crippen molar-refractivity contribution in [3.8, 4) is 0 Å². The number of hydrogen-bond donors (Lipinski definition) is 8. The number of Topliss-reactive ketones (excluding diaryl/α,β-unsaturated/α-hetero) is 1. The van der Waals surface area contributed by atoms with Gasteiger partial charge in [0.1, 0.15) is 19.4 Å². The zero-order chi connectivity index (χ0) is 61.4. The third-order valence-electron chi connectivity index (χ3n) is 17.8. The Morgan fingerprint density at radius 2 is 1.42 bits per heavy atom. The summed E-state index contributed by atoms with van der Waals surface area (Å²) in [7, 11) is -5.04. The van der Waals surface area contributed by atoms with Crippen LogP contribution in [0.5, 0.6) is 0 Å². The first-order chi connectivity index (χ1) is 41.0. The van der Waals surface area contributed by atoms with Gasteiger partial charge in [-0.05, 0) is 91.2 Å². The second-order valence-electron chi connectivity index (χ2n) is 23.3. The van der Waals surface area contributed by atoms with E-state index < -0.39 is 97.9 Å². The van der Waals surface area contributed by atoms with E-state index in [1.165, 1.54) is 12.2 Å². The van der Waals surface area contributed by atoms with E-state index in [9.17, 15) is 62.6 Å². The number of benzene rings is 3. The molecule has 9 rings (SSSR count). The number of nitrogens with one attached hydrogen (secondary N) is 5. The molecule has 458 valence electrons. The van der Waals surface area contributed by atoms with Gasteiger partial charge in [-0.2, -0.15) is 0 Å². The van der Waals surface area contributed by atoms with Crippen LogP contribution in [0.25, 0.3) is 0 Å². The number of phosphoric ester groups is 1. The largest absolute Gasteiger partial charge is 0.470 e. The van der Waals surface area contributed by atoms with Crippen molar-refractivity contribution in [1.29, 1.82) is 0 Å². The summed E-state index contributed by atoms with van der Waals surface area (Å²) in [5, 5.41) is 24.7. The Labute approximate surface area is 497 Å². The second-order valence-corrected chi connectivity index (χ2v) is 24.6. The summed E-state index contributed by atoms with van der Waals surface area (Å²) < 4.78 is 35.8. The second kappa shape index (κ2) is 27.1. The molecule has 0 aromatic heterocycles. The van der Waals surface area contributed by atoms with E-state index in [0.717, 1.165) is 32.7 Å². The van der Waals surface area contributed by atoms with Gasteiger partial charge in [0, 0.05) is 53.8 Å². The Balaban J connectivity index is 0.701. The predicted molar refractivity (Wildman–Crippen MR) is 307 cm³/mol. The van der Waals surface area contributed by atoms with E-state index in [-0.39, 0.29) is 86.9 Å². The summed E-state index contributed by atoms with van der Waals surface area (Å²) in [6.45, 7) is 2.02. The SMILES string of the molecule is C[C@]12C=CC(=O)C=C1CC[C@@H]1[C@@H]2[C@@H](O)C[C@@]2(C)[C@H]1C[C@H]1O[C@@H](c3ccc(Cc4ccc(COCNC(=O)CNC(=O)[C@H](Cc5ccccc5)NC(=O)CNC(=O)CNC(=O)CCCCCN5C(=O)C=CC5=O)cc4)cc3)O[C@]12C(=O)COP(=O)(O)O. The molecular formula is C62H73N6O17P. The van der Waals surface area contributed by atoms with Crippen LogP contribution in [0, 0.1) is 28.6 Å². The first-order valence-corrected chi connectivity index (χ1v) is 30.5. The van der Waals surface area contributed by atoms with Crippen LogP contribution in [0.3, 0.4) is 0 Å². The number of rotatable bonds is 27. The number of carbonyl (C=O) groups is 9. The van der Waals surface area contributed by atoms with E-state index in [4.69, 9.17) is 18.7 Å². The van der Waals surface area contributed by atoms with Gasteiger partial charge in [-0.3, -0.25) is 52.6 Å². The average Bonchev–Trinajstić information content (AvgIpc) is 1.48. The maximum Gasteiger partial charge on any atom is 0.470 e. The Kier molecular flexibility index (Phi) is 19.9. The lowest BCUT2D eigenvalue weighted by atomic mass is 9.46. The molecule has 10 atom stereocenters. The lowest BCUT2D eigenvalue weighted by Crippen LogP contribution is -2.63. The molecule has 0 unspecified atom stereocenters. The smallest absolute Gasteiger partial charge is 0.393 e. The number of nitrogens with zero attached hydrogens (tertiary/aromatic N) is 1. The number of ketones is 2. The lowest BCUT2D eigenvalue weighted by molar-refractivity contribution is -0.200. The molecule has 3 aromatic rings. The van der Waals surface area contributed by atoms with Crippen molar-refractivity contribution in [3.05, 3.63) is 143 Å². The molecule has 0 spiro atoms. The highest BCUT2D eigenvalue weighted by atomic mass is 31.2. The number of unbranched alkanes of at least 4 members (excludes halogenated alkanes) is 2. The monoisotopic (exact) mass is 1200 g/mol. The van der Waals surface area contributed by atoms with Gasteiger partial charge in [0.15, 0.2) is 23.5 Å². The molecule has 8 N–H and O–H groups in total. The van der Waals surface area contributed by atoms with E-state index >= 15 is 0 Å². The molecule has 4 aliphatic carbocycles. The number of carbonyl (C=O) groups excluding carboxylic acids is 9. The number of hydrogen-bond acceptors (Lipinski definition) is 15. The fraction of sp³-hybridized carbons (Fsp3) is 0.468. The summed E-state index contributed by atoms with van der Waals surface area (Å²) in [4.78, 5) is 134. The molecule has 7 amide bonds. The van der Waals surface area contributed by atoms with Crippen LogP contribution in [0.2, 0.25) is 0 Å². The van der Waals surface area contributed by atoms with Crippen LogP contribution < -0.4 is 26.6 Å². The van der Waals surface area contributed by atoms with Crippen LogP contribution in [-0.2, 0) is 85.9 Å². The number of amides is 7. The third-order valence-corrected chi connectivity index (χ3v) is 18.2. The molecular weight excluding hydrogens is 1130 g/mol. The molecule has 3 saturated carbocycles. The summed E-state index contributed by atoms with van der Waals surface area (Å²) >= 11 is 0. The van der Waals surface area contributed by atoms with Crippen molar-refractivity contribution in [1.82, 2.24) is 31.5 Å². The van der Waals surface area contributed by atoms with E-state index in [1.807, 2.05) is 61.5 Å². The molecule has 1 saturated heterocycles. The van der Waals surface area contributed by atoms with Crippen molar-refractivity contribution in [3.63, 3.8) is 0 Å². The molecule has 0 bridgehead atoms. The first-order valence-electron chi connectivity index (χ1n) is 28.9. The van der Waals surface area contributed by atoms with Gasteiger partial charge in [-0.1, -0.05) is 111 Å². The highest BCUT2D eigenvalue weighted by Crippen LogP contribution is 2.70. The number of aliphatic hydroxyl groups is 1. The van der Waals surface area contributed by atoms with Crippen LogP contribution in [0.1, 0.15) is 99.3 Å². The van der Waals surface area contributed by atoms with Crippen molar-refractivity contribution in [2.24, 2.45) is 28.6 Å². The molecule has 3 aromatic carbocycles. The van der Waals surface area contributed by atoms with Crippen molar-refractivity contribution in [2.75, 3.05) is 39.5 Å². The zero-order valence-electron chi connectivity index (χ0n) is 47.9. The molecule has 86 heavy (non-hydrogen) atoms. The Morgan fingerprint density at radius 3 is 2.13 bits per heavy atom. The standard InChI is InChI=1S/C62H73N6O17P/c1-60-25-24-44(69)29-43(60)20-21-45-46-30-50-62(49(71)36-83-86(79,80)81,61(46,2)31-48(70)57(45)60)85-59(84-50)42-18-16-40(17-19-42)27-39-12-14-41(15-13-39)35-82-37-66-53(74)33-65-58(78)47(28-38-9-5-3-6-10-38)67-54(75)34-64-52(73)32-63-51(72)11-7-4-8-26-68-55(76)22-23-56(68)77/h3,5-6,9-10,12-19,22-25,29,45-48,50,57,59,70H,4,7-8,11,20-21,26-28,30-37H2,1-2H3,(H,63,72)(H,64,73)(H,65,78)(H,66,74)(H,67,75)(H2,79,80,81)/t45-,46-,47-,48-,50+,57+,59+,60-,61-,62+/m0/s1. The van der Waals surface area contributed by atoms with E-state index in [1.54, 1.807) is 42.5 Å². The molecule has 6 aliphatic rings. The molecule has 0 radical (unpaired) electrons. The normalized spacial score (nSPS) is 26.6. The molecule has 23 nitrogen and oxygen atoms in total.